The van der Waals surface area contributed by atoms with E-state index in [-0.39, 0.29) is 11.3 Å². The molecule has 3 nitrogen and oxygen atoms in total. The molecular weight excluding hydrogens is 268 g/mol. The summed E-state index contributed by atoms with van der Waals surface area (Å²) in [6.45, 7) is 5.73. The maximum Gasteiger partial charge on any atom is 0.220 e. The van der Waals surface area contributed by atoms with Gasteiger partial charge in [0.15, 0.2) is 0 Å². The minimum atomic E-state index is 0.142. The highest BCUT2D eigenvalue weighted by molar-refractivity contribution is 7.99. The van der Waals surface area contributed by atoms with Crippen LogP contribution in [0.4, 0.5) is 0 Å². The summed E-state index contributed by atoms with van der Waals surface area (Å²) in [5.74, 6) is 1.05. The molecule has 20 heavy (non-hydrogen) atoms. The summed E-state index contributed by atoms with van der Waals surface area (Å²) in [7, 11) is 0. The third-order valence-electron chi connectivity index (χ3n) is 3.29. The van der Waals surface area contributed by atoms with Crippen LogP contribution >= 0.6 is 11.8 Å². The van der Waals surface area contributed by atoms with Crippen LogP contribution in [0.3, 0.4) is 0 Å². The van der Waals surface area contributed by atoms with Crippen LogP contribution in [0.25, 0.3) is 0 Å². The lowest BCUT2D eigenvalue weighted by molar-refractivity contribution is -0.121. The van der Waals surface area contributed by atoms with Crippen molar-refractivity contribution in [3.05, 3.63) is 30.3 Å². The van der Waals surface area contributed by atoms with Gasteiger partial charge in [0.1, 0.15) is 0 Å². The molecule has 0 aliphatic heterocycles. The van der Waals surface area contributed by atoms with Gasteiger partial charge in [-0.25, -0.2) is 0 Å². The van der Waals surface area contributed by atoms with Crippen molar-refractivity contribution in [2.24, 2.45) is 11.1 Å². The SMILES string of the molecule is CC(C)(CCN)CCC(=O)NCCSc1ccccc1. The average molecular weight is 294 g/mol. The maximum atomic E-state index is 11.8. The normalized spacial score (nSPS) is 11.3. The molecular formula is C16H26N2OS. The van der Waals surface area contributed by atoms with Crippen molar-refractivity contribution in [3.8, 4) is 0 Å². The second-order valence-electron chi connectivity index (χ2n) is 5.71. The Bertz CT molecular complexity index is 393. The number of rotatable bonds is 9. The van der Waals surface area contributed by atoms with Crippen molar-refractivity contribution in [1.29, 1.82) is 0 Å². The Balaban J connectivity index is 2.11. The third-order valence-corrected chi connectivity index (χ3v) is 4.30. The molecule has 0 unspecified atom stereocenters. The second kappa shape index (κ2) is 9.03. The van der Waals surface area contributed by atoms with Gasteiger partial charge in [0.25, 0.3) is 0 Å². The fraction of sp³-hybridized carbons (Fsp3) is 0.562. The van der Waals surface area contributed by atoms with Crippen molar-refractivity contribution in [3.63, 3.8) is 0 Å². The summed E-state index contributed by atoms with van der Waals surface area (Å²) in [6, 6.07) is 10.2. The van der Waals surface area contributed by atoms with E-state index in [1.165, 1.54) is 4.90 Å². The summed E-state index contributed by atoms with van der Waals surface area (Å²) in [5.41, 5.74) is 5.73. The minimum absolute atomic E-state index is 0.142. The lowest BCUT2D eigenvalue weighted by atomic mass is 9.84. The Labute approximate surface area is 126 Å². The van der Waals surface area contributed by atoms with Gasteiger partial charge in [0, 0.05) is 23.6 Å². The van der Waals surface area contributed by atoms with Crippen LogP contribution in [0.5, 0.6) is 0 Å². The van der Waals surface area contributed by atoms with Crippen LogP contribution in [0.2, 0.25) is 0 Å². The van der Waals surface area contributed by atoms with E-state index in [1.807, 2.05) is 18.2 Å². The molecule has 0 saturated carbocycles. The van der Waals surface area contributed by atoms with Gasteiger partial charge in [-0.05, 0) is 36.9 Å². The molecule has 0 bridgehead atoms. The molecule has 0 heterocycles. The summed E-state index contributed by atoms with van der Waals surface area (Å²) < 4.78 is 0. The van der Waals surface area contributed by atoms with E-state index in [9.17, 15) is 4.79 Å². The number of hydrogen-bond donors (Lipinski definition) is 2. The smallest absolute Gasteiger partial charge is 0.220 e. The van der Waals surface area contributed by atoms with Gasteiger partial charge in [-0.3, -0.25) is 4.79 Å². The summed E-state index contributed by atoms with van der Waals surface area (Å²) in [4.78, 5) is 13.0. The Morgan fingerprint density at radius 1 is 1.25 bits per heavy atom. The van der Waals surface area contributed by atoms with E-state index in [4.69, 9.17) is 5.73 Å². The quantitative estimate of drug-likeness (QED) is 0.543. The van der Waals surface area contributed by atoms with Crippen molar-refractivity contribution in [2.75, 3.05) is 18.8 Å². The standard InChI is InChI=1S/C16H26N2OS/c1-16(2,10-11-17)9-8-15(19)18-12-13-20-14-6-4-3-5-7-14/h3-7H,8-13,17H2,1-2H3,(H,18,19). The number of carbonyl (C=O) groups is 1. The largest absolute Gasteiger partial charge is 0.355 e. The van der Waals surface area contributed by atoms with Gasteiger partial charge in [-0.1, -0.05) is 32.0 Å². The maximum absolute atomic E-state index is 11.8. The predicted molar refractivity (Wildman–Crippen MR) is 86.9 cm³/mol. The summed E-state index contributed by atoms with van der Waals surface area (Å²) in [5, 5.41) is 2.98. The fourth-order valence-electron chi connectivity index (χ4n) is 1.93. The highest BCUT2D eigenvalue weighted by Gasteiger charge is 2.17. The molecule has 0 saturated heterocycles. The molecule has 0 aliphatic carbocycles. The molecule has 1 aromatic rings. The third kappa shape index (κ3) is 7.56. The van der Waals surface area contributed by atoms with Crippen LogP contribution in [0.15, 0.2) is 35.2 Å². The molecule has 1 aromatic carbocycles. The topological polar surface area (TPSA) is 55.1 Å². The van der Waals surface area contributed by atoms with Crippen LogP contribution in [-0.2, 0) is 4.79 Å². The number of hydrogen-bond acceptors (Lipinski definition) is 3. The Hall–Kier alpha value is -1.00. The van der Waals surface area contributed by atoms with Crippen LogP contribution in [0.1, 0.15) is 33.1 Å². The first-order valence-corrected chi connectivity index (χ1v) is 8.17. The molecule has 0 spiro atoms. The van der Waals surface area contributed by atoms with E-state index in [2.05, 4.69) is 31.3 Å². The lowest BCUT2D eigenvalue weighted by Gasteiger charge is -2.23. The van der Waals surface area contributed by atoms with Gasteiger partial charge in [-0.15, -0.1) is 11.8 Å². The first kappa shape index (κ1) is 17.1. The number of benzene rings is 1. The predicted octanol–water partition coefficient (Wildman–Crippen LogP) is 3.05. The molecule has 0 aliphatic rings. The molecule has 0 radical (unpaired) electrons. The monoisotopic (exact) mass is 294 g/mol. The van der Waals surface area contributed by atoms with Crippen molar-refractivity contribution >= 4 is 17.7 Å². The van der Waals surface area contributed by atoms with E-state index in [0.717, 1.165) is 25.1 Å². The van der Waals surface area contributed by atoms with E-state index in [0.29, 0.717) is 13.0 Å². The second-order valence-corrected chi connectivity index (χ2v) is 6.88. The number of thioether (sulfide) groups is 1. The summed E-state index contributed by atoms with van der Waals surface area (Å²) in [6.07, 6.45) is 2.44. The highest BCUT2D eigenvalue weighted by atomic mass is 32.2. The van der Waals surface area contributed by atoms with Gasteiger partial charge in [0.2, 0.25) is 5.91 Å². The first-order valence-electron chi connectivity index (χ1n) is 7.18. The molecule has 112 valence electrons. The molecule has 3 N–H and O–H groups in total. The molecule has 0 atom stereocenters. The summed E-state index contributed by atoms with van der Waals surface area (Å²) >= 11 is 1.76. The Morgan fingerprint density at radius 2 is 1.95 bits per heavy atom. The van der Waals surface area contributed by atoms with Crippen molar-refractivity contribution in [2.45, 2.75) is 38.0 Å². The van der Waals surface area contributed by atoms with Crippen LogP contribution in [0, 0.1) is 5.41 Å². The first-order chi connectivity index (χ1) is 9.53. The minimum Gasteiger partial charge on any atom is -0.355 e. The van der Waals surface area contributed by atoms with Gasteiger partial charge < -0.3 is 11.1 Å². The Morgan fingerprint density at radius 3 is 2.60 bits per heavy atom. The number of carbonyl (C=O) groups excluding carboxylic acids is 1. The van der Waals surface area contributed by atoms with Gasteiger partial charge in [-0.2, -0.15) is 0 Å². The fourth-order valence-corrected chi connectivity index (χ4v) is 2.72. The number of amides is 1. The molecule has 1 rings (SSSR count). The molecule has 0 fully saturated rings. The zero-order valence-electron chi connectivity index (χ0n) is 12.5. The van der Waals surface area contributed by atoms with E-state index < -0.39 is 0 Å². The number of nitrogens with two attached hydrogens (primary N) is 1. The van der Waals surface area contributed by atoms with Crippen LogP contribution < -0.4 is 11.1 Å². The lowest BCUT2D eigenvalue weighted by Crippen LogP contribution is -2.27. The van der Waals surface area contributed by atoms with Crippen molar-refractivity contribution < 1.29 is 4.79 Å². The molecule has 1 amide bonds. The Kier molecular flexibility index (Phi) is 7.70. The van der Waals surface area contributed by atoms with Gasteiger partial charge in [0.05, 0.1) is 0 Å². The zero-order chi connectivity index (χ0) is 14.8. The van der Waals surface area contributed by atoms with Crippen LogP contribution in [-0.4, -0.2) is 24.7 Å². The molecule has 0 aromatic heterocycles. The zero-order valence-corrected chi connectivity index (χ0v) is 13.3. The highest BCUT2D eigenvalue weighted by Crippen LogP contribution is 2.25. The van der Waals surface area contributed by atoms with E-state index >= 15 is 0 Å². The van der Waals surface area contributed by atoms with Gasteiger partial charge >= 0.3 is 0 Å². The average Bonchev–Trinajstić information content (AvgIpc) is 2.43. The molecule has 4 heteroatoms. The van der Waals surface area contributed by atoms with E-state index in [1.54, 1.807) is 11.8 Å². The van der Waals surface area contributed by atoms with Crippen molar-refractivity contribution in [1.82, 2.24) is 5.32 Å². The number of nitrogens with one attached hydrogen (secondary N) is 1.